The predicted molar refractivity (Wildman–Crippen MR) is 60.9 cm³/mol. The lowest BCUT2D eigenvalue weighted by molar-refractivity contribution is 0.559. The molecule has 1 heterocycles. The van der Waals surface area contributed by atoms with Gasteiger partial charge in [-0.1, -0.05) is 0 Å². The Hall–Kier alpha value is -1.49. The second-order valence-electron chi connectivity index (χ2n) is 3.00. The molecule has 3 nitrogen and oxygen atoms in total. The van der Waals surface area contributed by atoms with Gasteiger partial charge in [0.05, 0.1) is 21.4 Å². The highest BCUT2D eigenvalue weighted by Crippen LogP contribution is 2.19. The van der Waals surface area contributed by atoms with Gasteiger partial charge in [-0.3, -0.25) is 0 Å². The fourth-order valence-corrected chi connectivity index (χ4v) is 1.66. The Morgan fingerprint density at radius 2 is 1.94 bits per heavy atom. The number of nitriles is 1. The third-order valence-electron chi connectivity index (χ3n) is 1.93. The molecule has 0 aliphatic carbocycles. The van der Waals surface area contributed by atoms with Gasteiger partial charge >= 0.3 is 0 Å². The van der Waals surface area contributed by atoms with Crippen molar-refractivity contribution in [1.29, 1.82) is 5.26 Å². The fraction of sp³-hybridized carbons (Fsp3) is 0. The first-order chi connectivity index (χ1) is 7.61. The Kier molecular flexibility index (Phi) is 2.87. The topological polar surface area (TPSA) is 41.6 Å². The summed E-state index contributed by atoms with van der Waals surface area (Å²) in [5.74, 6) is -1.62. The van der Waals surface area contributed by atoms with E-state index in [-0.39, 0.29) is 11.3 Å². The zero-order valence-corrected chi connectivity index (χ0v) is 9.94. The summed E-state index contributed by atoms with van der Waals surface area (Å²) < 4.78 is 28.9. The van der Waals surface area contributed by atoms with Gasteiger partial charge in [-0.2, -0.15) is 10.4 Å². The highest BCUT2D eigenvalue weighted by atomic mass is 127. The number of hydrogen-bond donors (Lipinski definition) is 0. The highest BCUT2D eigenvalue weighted by molar-refractivity contribution is 14.1. The first-order valence-corrected chi connectivity index (χ1v) is 5.29. The van der Waals surface area contributed by atoms with E-state index in [1.807, 2.05) is 22.6 Å². The van der Waals surface area contributed by atoms with E-state index in [9.17, 15) is 8.78 Å². The normalized spacial score (nSPS) is 10.1. The van der Waals surface area contributed by atoms with Crippen molar-refractivity contribution in [3.8, 4) is 11.8 Å². The monoisotopic (exact) mass is 331 g/mol. The summed E-state index contributed by atoms with van der Waals surface area (Å²) in [4.78, 5) is 0. The van der Waals surface area contributed by atoms with Crippen LogP contribution in [-0.4, -0.2) is 9.78 Å². The maximum absolute atomic E-state index is 13.5. The number of hydrogen-bond acceptors (Lipinski definition) is 2. The molecular formula is C10H4F2IN3. The number of halogens is 3. The summed E-state index contributed by atoms with van der Waals surface area (Å²) >= 11 is 1.98. The first-order valence-electron chi connectivity index (χ1n) is 4.21. The molecule has 0 aliphatic heterocycles. The van der Waals surface area contributed by atoms with E-state index in [4.69, 9.17) is 5.26 Å². The van der Waals surface area contributed by atoms with Gasteiger partial charge in [0.1, 0.15) is 5.69 Å². The standard InChI is InChI=1S/C10H4F2IN3/c11-8-1-6(3-14)2-9(12)10(8)16-5-7(13)4-15-16/h1-2,4-5H. The van der Waals surface area contributed by atoms with Crippen molar-refractivity contribution in [3.63, 3.8) is 0 Å². The Bertz CT molecular complexity index is 563. The molecule has 0 radical (unpaired) electrons. The van der Waals surface area contributed by atoms with E-state index >= 15 is 0 Å². The minimum absolute atomic E-state index is 0.0550. The van der Waals surface area contributed by atoms with Crippen LogP contribution in [0.3, 0.4) is 0 Å². The lowest BCUT2D eigenvalue weighted by Crippen LogP contribution is -2.02. The zero-order chi connectivity index (χ0) is 11.7. The number of aromatic nitrogens is 2. The molecular weight excluding hydrogens is 327 g/mol. The summed E-state index contributed by atoms with van der Waals surface area (Å²) in [5, 5.41) is 12.4. The molecule has 0 spiro atoms. The van der Waals surface area contributed by atoms with Crippen LogP contribution < -0.4 is 0 Å². The second kappa shape index (κ2) is 4.17. The van der Waals surface area contributed by atoms with Crippen LogP contribution in [0.2, 0.25) is 0 Å². The molecule has 0 atom stereocenters. The van der Waals surface area contributed by atoms with E-state index in [2.05, 4.69) is 5.10 Å². The van der Waals surface area contributed by atoms with Gasteiger partial charge in [0, 0.05) is 6.20 Å². The van der Waals surface area contributed by atoms with E-state index in [1.54, 1.807) is 6.07 Å². The molecule has 0 saturated heterocycles. The molecule has 6 heteroatoms. The fourth-order valence-electron chi connectivity index (χ4n) is 1.27. The lowest BCUT2D eigenvalue weighted by Gasteiger charge is -2.04. The molecule has 16 heavy (non-hydrogen) atoms. The molecule has 0 N–H and O–H groups in total. The molecule has 1 aromatic carbocycles. The quantitative estimate of drug-likeness (QED) is 0.754. The van der Waals surface area contributed by atoms with Gasteiger partial charge in [0.2, 0.25) is 0 Å². The van der Waals surface area contributed by atoms with Gasteiger partial charge in [0.15, 0.2) is 11.6 Å². The lowest BCUT2D eigenvalue weighted by atomic mass is 10.2. The minimum Gasteiger partial charge on any atom is -0.234 e. The Labute approximate surface area is 103 Å². The zero-order valence-electron chi connectivity index (χ0n) is 7.78. The Balaban J connectivity index is 2.63. The largest absolute Gasteiger partial charge is 0.234 e. The molecule has 2 aromatic rings. The average Bonchev–Trinajstić information content (AvgIpc) is 2.63. The van der Waals surface area contributed by atoms with Gasteiger partial charge in [-0.15, -0.1) is 0 Å². The molecule has 80 valence electrons. The van der Waals surface area contributed by atoms with Gasteiger partial charge in [-0.25, -0.2) is 13.5 Å². The molecule has 1 aromatic heterocycles. The smallest absolute Gasteiger partial charge is 0.153 e. The Morgan fingerprint density at radius 1 is 1.31 bits per heavy atom. The van der Waals surface area contributed by atoms with Crippen LogP contribution in [0.15, 0.2) is 24.5 Å². The van der Waals surface area contributed by atoms with Gasteiger partial charge in [0.25, 0.3) is 0 Å². The molecule has 0 unspecified atom stereocenters. The summed E-state index contributed by atoms with van der Waals surface area (Å²) in [7, 11) is 0. The summed E-state index contributed by atoms with van der Waals surface area (Å²) in [6.07, 6.45) is 2.98. The first kappa shape index (κ1) is 11.0. The third kappa shape index (κ3) is 1.90. The van der Waals surface area contributed by atoms with Crippen LogP contribution in [0.5, 0.6) is 0 Å². The number of rotatable bonds is 1. The molecule has 0 amide bonds. The van der Waals surface area contributed by atoms with Crippen molar-refractivity contribution >= 4 is 22.6 Å². The minimum atomic E-state index is -0.809. The van der Waals surface area contributed by atoms with Crippen molar-refractivity contribution in [3.05, 3.63) is 45.3 Å². The number of benzene rings is 1. The van der Waals surface area contributed by atoms with Crippen LogP contribution in [0.1, 0.15) is 5.56 Å². The second-order valence-corrected chi connectivity index (χ2v) is 4.25. The maximum atomic E-state index is 13.5. The summed E-state index contributed by atoms with van der Waals surface area (Å²) in [6, 6.07) is 3.64. The van der Waals surface area contributed by atoms with Crippen molar-refractivity contribution in [2.75, 3.05) is 0 Å². The SMILES string of the molecule is N#Cc1cc(F)c(-n2cc(I)cn2)c(F)c1. The maximum Gasteiger partial charge on any atom is 0.153 e. The summed E-state index contributed by atoms with van der Waals surface area (Å²) in [5.41, 5.74) is -0.331. The van der Waals surface area contributed by atoms with Gasteiger partial charge < -0.3 is 0 Å². The highest BCUT2D eigenvalue weighted by Gasteiger charge is 2.13. The average molecular weight is 331 g/mol. The van der Waals surface area contributed by atoms with E-state index in [0.717, 1.165) is 20.4 Å². The third-order valence-corrected chi connectivity index (χ3v) is 2.48. The molecule has 0 fully saturated rings. The van der Waals surface area contributed by atoms with Gasteiger partial charge in [-0.05, 0) is 34.7 Å². The molecule has 0 aliphatic rings. The predicted octanol–water partition coefficient (Wildman–Crippen LogP) is 2.63. The van der Waals surface area contributed by atoms with Crippen molar-refractivity contribution < 1.29 is 8.78 Å². The van der Waals surface area contributed by atoms with Crippen LogP contribution in [0, 0.1) is 26.5 Å². The van der Waals surface area contributed by atoms with E-state index in [0.29, 0.717) is 0 Å². The van der Waals surface area contributed by atoms with E-state index < -0.39 is 11.6 Å². The number of nitrogens with zero attached hydrogens (tertiary/aromatic N) is 3. The van der Waals surface area contributed by atoms with Crippen molar-refractivity contribution in [2.24, 2.45) is 0 Å². The van der Waals surface area contributed by atoms with Crippen LogP contribution >= 0.6 is 22.6 Å². The van der Waals surface area contributed by atoms with Crippen LogP contribution in [0.25, 0.3) is 5.69 Å². The van der Waals surface area contributed by atoms with Crippen LogP contribution in [0.4, 0.5) is 8.78 Å². The van der Waals surface area contributed by atoms with E-state index in [1.165, 1.54) is 12.4 Å². The summed E-state index contributed by atoms with van der Waals surface area (Å²) in [6.45, 7) is 0. The van der Waals surface area contributed by atoms with Crippen molar-refractivity contribution in [2.45, 2.75) is 0 Å². The molecule has 0 saturated carbocycles. The Morgan fingerprint density at radius 3 is 2.38 bits per heavy atom. The molecule has 2 rings (SSSR count). The van der Waals surface area contributed by atoms with Crippen molar-refractivity contribution in [1.82, 2.24) is 9.78 Å². The van der Waals surface area contributed by atoms with Crippen LogP contribution in [-0.2, 0) is 0 Å². The molecule has 0 bridgehead atoms.